The highest BCUT2D eigenvalue weighted by Crippen LogP contribution is 2.26. The van der Waals surface area contributed by atoms with Crippen LogP contribution in [0.1, 0.15) is 17.8 Å². The third-order valence-electron chi connectivity index (χ3n) is 4.06. The molecule has 7 nitrogen and oxygen atoms in total. The zero-order valence-electron chi connectivity index (χ0n) is 14.3. The first-order valence-corrected chi connectivity index (χ1v) is 8.10. The summed E-state index contributed by atoms with van der Waals surface area (Å²) in [5.74, 6) is 1.64. The molecule has 2 aromatic rings. The fourth-order valence-electron chi connectivity index (χ4n) is 2.87. The van der Waals surface area contributed by atoms with Crippen LogP contribution in [0.3, 0.4) is 0 Å². The van der Waals surface area contributed by atoms with Crippen molar-refractivity contribution in [1.82, 2.24) is 20.1 Å². The van der Waals surface area contributed by atoms with Crippen LogP contribution in [0.25, 0.3) is 0 Å². The third-order valence-corrected chi connectivity index (χ3v) is 4.06. The smallest absolute Gasteiger partial charge is 0.228 e. The minimum absolute atomic E-state index is 0.00206. The molecule has 3 rings (SSSR count). The second-order valence-corrected chi connectivity index (χ2v) is 6.31. The van der Waals surface area contributed by atoms with Gasteiger partial charge in [-0.2, -0.15) is 5.10 Å². The minimum atomic E-state index is -0.00206. The van der Waals surface area contributed by atoms with Gasteiger partial charge < -0.3 is 14.5 Å². The van der Waals surface area contributed by atoms with Crippen LogP contribution in [-0.4, -0.2) is 59.3 Å². The standard InChI is InChI=1S/C17H23N5O2/c1-12-9-13(20-19-12)10-16(23)22-8-6-14(11-22)24-15-5-4-7-18-17(15)21(2)3/h4-5,7,9,14H,6,8,10-11H2,1-3H3,(H,19,20)/t14-/m0/s1. The SMILES string of the molecule is Cc1cc(CC(=O)N2CC[C@H](Oc3cccnc3N(C)C)C2)n[nH]1. The molecular formula is C17H23N5O2. The Hall–Kier alpha value is -2.57. The van der Waals surface area contributed by atoms with Gasteiger partial charge in [0.05, 0.1) is 18.7 Å². The quantitative estimate of drug-likeness (QED) is 0.897. The summed E-state index contributed by atoms with van der Waals surface area (Å²) in [6.45, 7) is 3.24. The molecule has 1 atom stereocenters. The van der Waals surface area contributed by atoms with Gasteiger partial charge in [-0.3, -0.25) is 9.89 Å². The van der Waals surface area contributed by atoms with E-state index < -0.39 is 0 Å². The molecule has 0 saturated carbocycles. The highest BCUT2D eigenvalue weighted by atomic mass is 16.5. The van der Waals surface area contributed by atoms with Gasteiger partial charge in [0.25, 0.3) is 0 Å². The van der Waals surface area contributed by atoms with Crippen molar-refractivity contribution in [2.24, 2.45) is 0 Å². The molecule has 0 aromatic carbocycles. The largest absolute Gasteiger partial charge is 0.485 e. The molecule has 2 aromatic heterocycles. The molecule has 1 aliphatic heterocycles. The van der Waals surface area contributed by atoms with Crippen molar-refractivity contribution in [2.75, 3.05) is 32.1 Å². The van der Waals surface area contributed by atoms with E-state index >= 15 is 0 Å². The number of ether oxygens (including phenoxy) is 1. The topological polar surface area (TPSA) is 74.4 Å². The summed E-state index contributed by atoms with van der Waals surface area (Å²) in [5.41, 5.74) is 1.75. The van der Waals surface area contributed by atoms with Gasteiger partial charge in [-0.15, -0.1) is 0 Å². The summed E-state index contributed by atoms with van der Waals surface area (Å²) < 4.78 is 6.08. The molecule has 24 heavy (non-hydrogen) atoms. The molecule has 0 radical (unpaired) electrons. The van der Waals surface area contributed by atoms with Gasteiger partial charge in [0.2, 0.25) is 5.91 Å². The second-order valence-electron chi connectivity index (χ2n) is 6.31. The van der Waals surface area contributed by atoms with Crippen LogP contribution in [0.4, 0.5) is 5.82 Å². The maximum Gasteiger partial charge on any atom is 0.228 e. The van der Waals surface area contributed by atoms with Crippen molar-refractivity contribution >= 4 is 11.7 Å². The van der Waals surface area contributed by atoms with E-state index in [0.717, 1.165) is 29.4 Å². The van der Waals surface area contributed by atoms with Gasteiger partial charge in [-0.25, -0.2) is 4.98 Å². The number of hydrogen-bond acceptors (Lipinski definition) is 5. The number of rotatable bonds is 5. The number of aromatic nitrogens is 3. The lowest BCUT2D eigenvalue weighted by Gasteiger charge is -2.20. The number of hydrogen-bond donors (Lipinski definition) is 1. The summed E-state index contributed by atoms with van der Waals surface area (Å²) in [6, 6.07) is 5.68. The van der Waals surface area contributed by atoms with E-state index in [4.69, 9.17) is 4.74 Å². The first-order valence-electron chi connectivity index (χ1n) is 8.10. The molecule has 1 saturated heterocycles. The van der Waals surface area contributed by atoms with E-state index in [1.54, 1.807) is 6.20 Å². The van der Waals surface area contributed by atoms with Gasteiger partial charge in [-0.05, 0) is 25.1 Å². The number of likely N-dealkylation sites (tertiary alicyclic amines) is 1. The Kier molecular flexibility index (Phi) is 4.69. The van der Waals surface area contributed by atoms with Gasteiger partial charge in [0.1, 0.15) is 6.10 Å². The van der Waals surface area contributed by atoms with E-state index in [2.05, 4.69) is 15.2 Å². The highest BCUT2D eigenvalue weighted by molar-refractivity contribution is 5.78. The van der Waals surface area contributed by atoms with E-state index in [1.165, 1.54) is 0 Å². The van der Waals surface area contributed by atoms with Crippen molar-refractivity contribution in [3.05, 3.63) is 35.8 Å². The molecule has 0 spiro atoms. The van der Waals surface area contributed by atoms with Gasteiger partial charge in [0.15, 0.2) is 11.6 Å². The predicted octanol–water partition coefficient (Wildman–Crippen LogP) is 1.40. The van der Waals surface area contributed by atoms with Crippen LogP contribution < -0.4 is 9.64 Å². The number of nitrogens with one attached hydrogen (secondary N) is 1. The number of amides is 1. The highest BCUT2D eigenvalue weighted by Gasteiger charge is 2.28. The van der Waals surface area contributed by atoms with Crippen LogP contribution in [0.15, 0.2) is 24.4 Å². The van der Waals surface area contributed by atoms with Crippen LogP contribution in [0, 0.1) is 6.92 Å². The minimum Gasteiger partial charge on any atom is -0.485 e. The Labute approximate surface area is 141 Å². The second kappa shape index (κ2) is 6.90. The molecule has 1 aliphatic rings. The normalized spacial score (nSPS) is 17.1. The molecule has 7 heteroatoms. The summed E-state index contributed by atoms with van der Waals surface area (Å²) >= 11 is 0. The van der Waals surface area contributed by atoms with Crippen molar-refractivity contribution in [3.63, 3.8) is 0 Å². The van der Waals surface area contributed by atoms with Crippen molar-refractivity contribution < 1.29 is 9.53 Å². The Morgan fingerprint density at radius 1 is 1.50 bits per heavy atom. The first-order chi connectivity index (χ1) is 11.5. The van der Waals surface area contributed by atoms with E-state index in [9.17, 15) is 4.79 Å². The summed E-state index contributed by atoms with van der Waals surface area (Å²) in [7, 11) is 3.87. The summed E-state index contributed by atoms with van der Waals surface area (Å²) in [6.07, 6.45) is 2.90. The lowest BCUT2D eigenvalue weighted by Crippen LogP contribution is -2.32. The Bertz CT molecular complexity index is 713. The molecule has 3 heterocycles. The first kappa shape index (κ1) is 16.3. The number of aromatic amines is 1. The zero-order chi connectivity index (χ0) is 17.1. The Balaban J connectivity index is 1.58. The number of aryl methyl sites for hydroxylation is 1. The zero-order valence-corrected chi connectivity index (χ0v) is 14.3. The number of carbonyl (C=O) groups is 1. The third kappa shape index (κ3) is 3.67. The van der Waals surface area contributed by atoms with Gasteiger partial charge in [-0.1, -0.05) is 0 Å². The molecule has 0 unspecified atom stereocenters. The summed E-state index contributed by atoms with van der Waals surface area (Å²) in [5, 5.41) is 6.99. The number of anilines is 1. The number of nitrogens with zero attached hydrogens (tertiary/aromatic N) is 4. The number of pyridine rings is 1. The number of carbonyl (C=O) groups excluding carboxylic acids is 1. The average molecular weight is 329 g/mol. The molecule has 1 amide bonds. The van der Waals surface area contributed by atoms with Crippen molar-refractivity contribution in [3.8, 4) is 5.75 Å². The fraction of sp³-hybridized carbons (Fsp3) is 0.471. The molecule has 0 aliphatic carbocycles. The fourth-order valence-corrected chi connectivity index (χ4v) is 2.87. The van der Waals surface area contributed by atoms with Crippen LogP contribution >= 0.6 is 0 Å². The van der Waals surface area contributed by atoms with Crippen LogP contribution in [-0.2, 0) is 11.2 Å². The average Bonchev–Trinajstić information content (AvgIpc) is 3.17. The van der Waals surface area contributed by atoms with Crippen LogP contribution in [0.2, 0.25) is 0 Å². The lowest BCUT2D eigenvalue weighted by molar-refractivity contribution is -0.129. The molecule has 128 valence electrons. The summed E-state index contributed by atoms with van der Waals surface area (Å²) in [4.78, 5) is 20.5. The van der Waals surface area contributed by atoms with E-state index in [-0.39, 0.29) is 12.0 Å². The maximum absolute atomic E-state index is 12.4. The Morgan fingerprint density at radius 2 is 2.33 bits per heavy atom. The molecule has 1 fully saturated rings. The number of H-pyrrole nitrogens is 1. The monoisotopic (exact) mass is 329 g/mol. The van der Waals surface area contributed by atoms with Crippen molar-refractivity contribution in [1.29, 1.82) is 0 Å². The molecule has 1 N–H and O–H groups in total. The van der Waals surface area contributed by atoms with E-state index in [1.807, 2.05) is 49.0 Å². The van der Waals surface area contributed by atoms with Gasteiger partial charge in [0, 0.05) is 39.0 Å². The predicted molar refractivity (Wildman–Crippen MR) is 91.2 cm³/mol. The lowest BCUT2D eigenvalue weighted by atomic mass is 10.2. The molecular weight excluding hydrogens is 306 g/mol. The maximum atomic E-state index is 12.4. The van der Waals surface area contributed by atoms with Crippen molar-refractivity contribution in [2.45, 2.75) is 25.9 Å². The van der Waals surface area contributed by atoms with Gasteiger partial charge >= 0.3 is 0 Å². The van der Waals surface area contributed by atoms with Crippen LogP contribution in [0.5, 0.6) is 5.75 Å². The van der Waals surface area contributed by atoms with E-state index in [0.29, 0.717) is 19.5 Å². The Morgan fingerprint density at radius 3 is 3.04 bits per heavy atom. The molecule has 0 bridgehead atoms.